The van der Waals surface area contributed by atoms with E-state index in [-0.39, 0.29) is 0 Å². The first-order valence-electron chi connectivity index (χ1n) is 13.9. The SMILES string of the molecule is C1CCC(C2CCC(CCC3CCC4CCCCC4C3)CC2)CC1.CC.CC. The van der Waals surface area contributed by atoms with E-state index < -0.39 is 0 Å². The van der Waals surface area contributed by atoms with E-state index in [2.05, 4.69) is 0 Å². The van der Waals surface area contributed by atoms with Crippen molar-refractivity contribution in [2.75, 3.05) is 0 Å². The van der Waals surface area contributed by atoms with Crippen molar-refractivity contribution < 1.29 is 0 Å². The maximum absolute atomic E-state index is 2.00. The third kappa shape index (κ3) is 7.36. The quantitative estimate of drug-likeness (QED) is 0.448. The molecule has 4 saturated carbocycles. The van der Waals surface area contributed by atoms with E-state index >= 15 is 0 Å². The summed E-state index contributed by atoms with van der Waals surface area (Å²) in [5.74, 6) is 6.75. The van der Waals surface area contributed by atoms with E-state index in [4.69, 9.17) is 0 Å². The molecule has 4 aliphatic rings. The van der Waals surface area contributed by atoms with Gasteiger partial charge < -0.3 is 0 Å². The molecular weight excluding hydrogens is 336 g/mol. The summed E-state index contributed by atoms with van der Waals surface area (Å²) in [6.07, 6.45) is 28.3. The zero-order chi connectivity index (χ0) is 20.2. The summed E-state index contributed by atoms with van der Waals surface area (Å²) in [5, 5.41) is 0. The molecule has 0 spiro atoms. The average Bonchev–Trinajstić information content (AvgIpc) is 2.81. The molecule has 0 amide bonds. The molecule has 166 valence electrons. The fourth-order valence-electron chi connectivity index (χ4n) is 7.26. The van der Waals surface area contributed by atoms with Gasteiger partial charge in [0.25, 0.3) is 0 Å². The van der Waals surface area contributed by atoms with Crippen molar-refractivity contribution in [1.29, 1.82) is 0 Å². The van der Waals surface area contributed by atoms with Crippen LogP contribution in [0, 0.1) is 35.5 Å². The molecule has 0 aromatic carbocycles. The Morgan fingerprint density at radius 3 is 1.39 bits per heavy atom. The molecule has 0 aromatic rings. The predicted octanol–water partition coefficient (Wildman–Crippen LogP) is 9.81. The number of rotatable bonds is 4. The molecular formula is C28H54. The molecule has 0 aromatic heterocycles. The van der Waals surface area contributed by atoms with Gasteiger partial charge in [0.1, 0.15) is 0 Å². The van der Waals surface area contributed by atoms with Gasteiger partial charge in [-0.3, -0.25) is 0 Å². The third-order valence-electron chi connectivity index (χ3n) is 8.84. The van der Waals surface area contributed by atoms with Crippen molar-refractivity contribution in [3.05, 3.63) is 0 Å². The lowest BCUT2D eigenvalue weighted by molar-refractivity contribution is 0.115. The van der Waals surface area contributed by atoms with Crippen LogP contribution in [0.1, 0.15) is 143 Å². The normalized spacial score (nSPS) is 36.2. The van der Waals surface area contributed by atoms with Crippen LogP contribution in [-0.4, -0.2) is 0 Å². The van der Waals surface area contributed by atoms with Gasteiger partial charge in [-0.25, -0.2) is 0 Å². The van der Waals surface area contributed by atoms with Crippen LogP contribution in [0.25, 0.3) is 0 Å². The summed E-state index contributed by atoms with van der Waals surface area (Å²) >= 11 is 0. The molecule has 0 radical (unpaired) electrons. The Morgan fingerprint density at radius 1 is 0.393 bits per heavy atom. The summed E-state index contributed by atoms with van der Waals surface area (Å²) in [7, 11) is 0. The lowest BCUT2D eigenvalue weighted by Gasteiger charge is -2.40. The van der Waals surface area contributed by atoms with Crippen molar-refractivity contribution in [3.8, 4) is 0 Å². The smallest absolute Gasteiger partial charge is 0.0383 e. The first-order chi connectivity index (χ1) is 13.9. The molecule has 0 N–H and O–H groups in total. The van der Waals surface area contributed by atoms with Crippen molar-refractivity contribution in [2.45, 2.75) is 143 Å². The first-order valence-corrected chi connectivity index (χ1v) is 13.9. The highest BCUT2D eigenvalue weighted by Gasteiger charge is 2.33. The van der Waals surface area contributed by atoms with E-state index in [1.807, 2.05) is 27.7 Å². The summed E-state index contributed by atoms with van der Waals surface area (Å²) in [6.45, 7) is 8.00. The molecule has 0 heterocycles. The monoisotopic (exact) mass is 390 g/mol. The van der Waals surface area contributed by atoms with E-state index in [0.29, 0.717) is 0 Å². The highest BCUT2D eigenvalue weighted by molar-refractivity contribution is 4.84. The third-order valence-corrected chi connectivity index (χ3v) is 8.84. The van der Waals surface area contributed by atoms with Crippen LogP contribution in [-0.2, 0) is 0 Å². The number of hydrogen-bond donors (Lipinski definition) is 0. The van der Waals surface area contributed by atoms with Gasteiger partial charge in [0.2, 0.25) is 0 Å². The lowest BCUT2D eigenvalue weighted by Crippen LogP contribution is -2.28. The highest BCUT2D eigenvalue weighted by atomic mass is 14.4. The summed E-state index contributed by atoms with van der Waals surface area (Å²) in [4.78, 5) is 0. The van der Waals surface area contributed by atoms with E-state index in [1.54, 1.807) is 89.9 Å². The Hall–Kier alpha value is 0. The standard InChI is InChI=1S/C24H42.2C2H6/c1-2-6-21(7-3-1)23-15-12-19(13-16-23)10-11-20-14-17-22-8-4-5-9-24(22)18-20;2*1-2/h19-24H,1-18H2;2*1-2H3. The lowest BCUT2D eigenvalue weighted by atomic mass is 9.66. The Kier molecular flexibility index (Phi) is 12.2. The summed E-state index contributed by atoms with van der Waals surface area (Å²) < 4.78 is 0. The predicted molar refractivity (Wildman–Crippen MR) is 127 cm³/mol. The minimum Gasteiger partial charge on any atom is -0.0683 e. The second-order valence-electron chi connectivity index (χ2n) is 10.2. The van der Waals surface area contributed by atoms with Gasteiger partial charge >= 0.3 is 0 Å². The number of hydrogen-bond acceptors (Lipinski definition) is 0. The van der Waals surface area contributed by atoms with Gasteiger partial charge in [-0.15, -0.1) is 0 Å². The second-order valence-corrected chi connectivity index (χ2v) is 10.2. The Morgan fingerprint density at radius 2 is 0.786 bits per heavy atom. The number of fused-ring (bicyclic) bond motifs is 1. The average molecular weight is 391 g/mol. The van der Waals surface area contributed by atoms with Crippen molar-refractivity contribution in [1.82, 2.24) is 0 Å². The van der Waals surface area contributed by atoms with Crippen LogP contribution >= 0.6 is 0 Å². The van der Waals surface area contributed by atoms with Crippen LogP contribution in [0.2, 0.25) is 0 Å². The minimum atomic E-state index is 1.11. The topological polar surface area (TPSA) is 0 Å². The van der Waals surface area contributed by atoms with Crippen LogP contribution in [0.4, 0.5) is 0 Å². The molecule has 0 nitrogen and oxygen atoms in total. The van der Waals surface area contributed by atoms with Crippen molar-refractivity contribution >= 4 is 0 Å². The highest BCUT2D eigenvalue weighted by Crippen LogP contribution is 2.45. The largest absolute Gasteiger partial charge is 0.0683 e. The maximum Gasteiger partial charge on any atom is -0.0383 e. The Bertz CT molecular complexity index is 358. The van der Waals surface area contributed by atoms with Gasteiger partial charge in [-0.05, 0) is 61.2 Å². The molecule has 4 rings (SSSR count). The van der Waals surface area contributed by atoms with Gasteiger partial charge in [-0.1, -0.05) is 118 Å². The molecule has 0 aliphatic heterocycles. The first kappa shape index (κ1) is 24.3. The molecule has 0 saturated heterocycles. The van der Waals surface area contributed by atoms with Crippen molar-refractivity contribution in [2.24, 2.45) is 35.5 Å². The van der Waals surface area contributed by atoms with Gasteiger partial charge in [-0.2, -0.15) is 0 Å². The fraction of sp³-hybridized carbons (Fsp3) is 1.00. The molecule has 4 fully saturated rings. The van der Waals surface area contributed by atoms with Crippen molar-refractivity contribution in [3.63, 3.8) is 0 Å². The molecule has 4 aliphatic carbocycles. The fourth-order valence-corrected chi connectivity index (χ4v) is 7.26. The van der Waals surface area contributed by atoms with Gasteiger partial charge in [0.15, 0.2) is 0 Å². The zero-order valence-electron chi connectivity index (χ0n) is 20.2. The minimum absolute atomic E-state index is 1.11. The van der Waals surface area contributed by atoms with Crippen LogP contribution in [0.5, 0.6) is 0 Å². The Balaban J connectivity index is 0.000000660. The van der Waals surface area contributed by atoms with Crippen LogP contribution < -0.4 is 0 Å². The maximum atomic E-state index is 2.00. The molecule has 28 heavy (non-hydrogen) atoms. The van der Waals surface area contributed by atoms with E-state index in [0.717, 1.165) is 35.5 Å². The molecule has 0 bridgehead atoms. The van der Waals surface area contributed by atoms with E-state index in [1.165, 1.54) is 25.7 Å². The summed E-state index contributed by atoms with van der Waals surface area (Å²) in [6, 6.07) is 0. The molecule has 0 heteroatoms. The van der Waals surface area contributed by atoms with Crippen LogP contribution in [0.15, 0.2) is 0 Å². The Labute approximate surface area is 179 Å². The van der Waals surface area contributed by atoms with E-state index in [9.17, 15) is 0 Å². The zero-order valence-corrected chi connectivity index (χ0v) is 20.2. The summed E-state index contributed by atoms with van der Waals surface area (Å²) in [5.41, 5.74) is 0. The van der Waals surface area contributed by atoms with Gasteiger partial charge in [0.05, 0.1) is 0 Å². The van der Waals surface area contributed by atoms with Crippen LogP contribution in [0.3, 0.4) is 0 Å². The molecule has 3 atom stereocenters. The van der Waals surface area contributed by atoms with Gasteiger partial charge in [0, 0.05) is 0 Å². The second kappa shape index (κ2) is 14.1. The molecule has 3 unspecified atom stereocenters.